The van der Waals surface area contributed by atoms with Crippen LogP contribution in [0.25, 0.3) is 0 Å². The maximum absolute atomic E-state index is 12.6. The van der Waals surface area contributed by atoms with Crippen LogP contribution in [0.4, 0.5) is 0 Å². The molecule has 1 fully saturated rings. The lowest BCUT2D eigenvalue weighted by Crippen LogP contribution is -2.55. The summed E-state index contributed by atoms with van der Waals surface area (Å²) in [6.07, 6.45) is 0. The smallest absolute Gasteiger partial charge is 0.254 e. The molecule has 23 heavy (non-hydrogen) atoms. The highest BCUT2D eigenvalue weighted by Crippen LogP contribution is 2.16. The quantitative estimate of drug-likeness (QED) is 0.856. The van der Waals surface area contributed by atoms with Crippen LogP contribution in [0.2, 0.25) is 0 Å². The molecular formula is C19H20N2O2. The molecule has 0 aromatic heterocycles. The highest BCUT2D eigenvalue weighted by molar-refractivity contribution is 5.96. The van der Waals surface area contributed by atoms with Crippen molar-refractivity contribution in [1.29, 1.82) is 0 Å². The van der Waals surface area contributed by atoms with E-state index >= 15 is 0 Å². The highest BCUT2D eigenvalue weighted by Gasteiger charge is 2.30. The Morgan fingerprint density at radius 2 is 1.35 bits per heavy atom. The van der Waals surface area contributed by atoms with Crippen LogP contribution in [0.15, 0.2) is 60.7 Å². The topological polar surface area (TPSA) is 40.6 Å². The van der Waals surface area contributed by atoms with Gasteiger partial charge in [0.05, 0.1) is 0 Å². The van der Waals surface area contributed by atoms with Crippen LogP contribution in [-0.4, -0.2) is 47.3 Å². The van der Waals surface area contributed by atoms with Crippen molar-refractivity contribution >= 4 is 11.8 Å². The molecule has 1 saturated heterocycles. The van der Waals surface area contributed by atoms with E-state index in [-0.39, 0.29) is 17.9 Å². The van der Waals surface area contributed by atoms with Gasteiger partial charge in [0.15, 0.2) is 0 Å². The van der Waals surface area contributed by atoms with Gasteiger partial charge in [0.25, 0.3) is 11.8 Å². The molecule has 0 bridgehead atoms. The van der Waals surface area contributed by atoms with Gasteiger partial charge >= 0.3 is 0 Å². The summed E-state index contributed by atoms with van der Waals surface area (Å²) in [5.41, 5.74) is 1.39. The van der Waals surface area contributed by atoms with Gasteiger partial charge < -0.3 is 9.80 Å². The van der Waals surface area contributed by atoms with Gasteiger partial charge in [-0.25, -0.2) is 0 Å². The first-order chi connectivity index (χ1) is 11.2. The second-order valence-corrected chi connectivity index (χ2v) is 5.83. The number of hydrogen-bond acceptors (Lipinski definition) is 2. The fourth-order valence-corrected chi connectivity index (χ4v) is 2.95. The molecule has 0 N–H and O–H groups in total. The average molecular weight is 308 g/mol. The highest BCUT2D eigenvalue weighted by atomic mass is 16.2. The number of hydrogen-bond donors (Lipinski definition) is 0. The van der Waals surface area contributed by atoms with E-state index in [0.29, 0.717) is 30.8 Å². The van der Waals surface area contributed by atoms with E-state index in [2.05, 4.69) is 0 Å². The van der Waals surface area contributed by atoms with Gasteiger partial charge in [0, 0.05) is 36.8 Å². The van der Waals surface area contributed by atoms with Crippen LogP contribution in [0, 0.1) is 0 Å². The van der Waals surface area contributed by atoms with Crippen molar-refractivity contribution in [3.63, 3.8) is 0 Å². The molecule has 4 heteroatoms. The first kappa shape index (κ1) is 15.3. The van der Waals surface area contributed by atoms with E-state index in [4.69, 9.17) is 0 Å². The number of nitrogens with zero attached hydrogens (tertiary/aromatic N) is 2. The van der Waals surface area contributed by atoms with Crippen LogP contribution < -0.4 is 0 Å². The summed E-state index contributed by atoms with van der Waals surface area (Å²) in [5.74, 6) is 0.0640. The van der Waals surface area contributed by atoms with Crippen LogP contribution >= 0.6 is 0 Å². The van der Waals surface area contributed by atoms with Crippen LogP contribution in [0.5, 0.6) is 0 Å². The Morgan fingerprint density at radius 1 is 0.826 bits per heavy atom. The summed E-state index contributed by atoms with van der Waals surface area (Å²) in [6, 6.07) is 18.6. The number of carbonyl (C=O) groups excluding carboxylic acids is 2. The number of rotatable bonds is 2. The second-order valence-electron chi connectivity index (χ2n) is 5.83. The monoisotopic (exact) mass is 308 g/mol. The van der Waals surface area contributed by atoms with E-state index in [1.807, 2.05) is 77.4 Å². The summed E-state index contributed by atoms with van der Waals surface area (Å²) >= 11 is 0. The zero-order valence-electron chi connectivity index (χ0n) is 13.2. The molecule has 0 spiro atoms. The van der Waals surface area contributed by atoms with E-state index in [9.17, 15) is 9.59 Å². The number of carbonyl (C=O) groups is 2. The maximum atomic E-state index is 12.6. The molecule has 2 aromatic rings. The van der Waals surface area contributed by atoms with Gasteiger partial charge in [0.1, 0.15) is 0 Å². The van der Waals surface area contributed by atoms with Crippen molar-refractivity contribution in [2.75, 3.05) is 19.6 Å². The minimum Gasteiger partial charge on any atom is -0.335 e. The third-order valence-corrected chi connectivity index (χ3v) is 4.22. The maximum Gasteiger partial charge on any atom is 0.254 e. The Hall–Kier alpha value is -2.62. The minimum atomic E-state index is 0.00381. The molecule has 118 valence electrons. The van der Waals surface area contributed by atoms with Crippen molar-refractivity contribution in [1.82, 2.24) is 9.80 Å². The SMILES string of the molecule is CC1CN(C(=O)c2ccccc2)CCN1C(=O)c1ccccc1. The Kier molecular flexibility index (Phi) is 4.42. The van der Waals surface area contributed by atoms with Crippen molar-refractivity contribution in [2.24, 2.45) is 0 Å². The Morgan fingerprint density at radius 3 is 1.87 bits per heavy atom. The first-order valence-electron chi connectivity index (χ1n) is 7.87. The third kappa shape index (κ3) is 3.26. The third-order valence-electron chi connectivity index (χ3n) is 4.22. The summed E-state index contributed by atoms with van der Waals surface area (Å²) in [5, 5.41) is 0. The van der Waals surface area contributed by atoms with Gasteiger partial charge in [-0.15, -0.1) is 0 Å². The lowest BCUT2D eigenvalue weighted by molar-refractivity contribution is 0.0414. The average Bonchev–Trinajstić information content (AvgIpc) is 2.62. The first-order valence-corrected chi connectivity index (χ1v) is 7.87. The van der Waals surface area contributed by atoms with Crippen molar-refractivity contribution in [3.8, 4) is 0 Å². The Bertz CT molecular complexity index is 685. The molecule has 1 heterocycles. The molecular weight excluding hydrogens is 288 g/mol. The molecule has 2 amide bonds. The van der Waals surface area contributed by atoms with E-state index < -0.39 is 0 Å². The fraction of sp³-hybridized carbons (Fsp3) is 0.263. The van der Waals surface area contributed by atoms with Crippen molar-refractivity contribution in [2.45, 2.75) is 13.0 Å². The summed E-state index contributed by atoms with van der Waals surface area (Å²) in [7, 11) is 0. The number of piperazine rings is 1. The van der Waals surface area contributed by atoms with E-state index in [0.717, 1.165) is 0 Å². The molecule has 1 aliphatic rings. The number of amides is 2. The molecule has 4 nitrogen and oxygen atoms in total. The summed E-state index contributed by atoms with van der Waals surface area (Å²) < 4.78 is 0. The minimum absolute atomic E-state index is 0.00381. The second kappa shape index (κ2) is 6.65. The molecule has 1 atom stereocenters. The molecule has 1 unspecified atom stereocenters. The lowest BCUT2D eigenvalue weighted by Gasteiger charge is -2.40. The Balaban J connectivity index is 1.68. The predicted molar refractivity (Wildman–Crippen MR) is 89.3 cm³/mol. The normalized spacial score (nSPS) is 17.9. The van der Waals surface area contributed by atoms with Gasteiger partial charge in [-0.3, -0.25) is 9.59 Å². The molecule has 0 aliphatic carbocycles. The molecule has 0 saturated carbocycles. The number of benzene rings is 2. The van der Waals surface area contributed by atoms with Crippen LogP contribution in [0.3, 0.4) is 0 Å². The zero-order chi connectivity index (χ0) is 16.2. The standard InChI is InChI=1S/C19H20N2O2/c1-15-14-20(18(22)16-8-4-2-5-9-16)12-13-21(15)19(23)17-10-6-3-7-11-17/h2-11,15H,12-14H2,1H3. The molecule has 1 aliphatic heterocycles. The van der Waals surface area contributed by atoms with E-state index in [1.165, 1.54) is 0 Å². The lowest BCUT2D eigenvalue weighted by atomic mass is 10.1. The molecule has 3 rings (SSSR count). The van der Waals surface area contributed by atoms with Gasteiger partial charge in [0.2, 0.25) is 0 Å². The van der Waals surface area contributed by atoms with E-state index in [1.54, 1.807) is 0 Å². The molecule has 2 aromatic carbocycles. The zero-order valence-corrected chi connectivity index (χ0v) is 13.2. The van der Waals surface area contributed by atoms with Crippen LogP contribution in [-0.2, 0) is 0 Å². The fourth-order valence-electron chi connectivity index (χ4n) is 2.95. The van der Waals surface area contributed by atoms with Crippen molar-refractivity contribution < 1.29 is 9.59 Å². The molecule has 0 radical (unpaired) electrons. The van der Waals surface area contributed by atoms with Crippen LogP contribution in [0.1, 0.15) is 27.6 Å². The largest absolute Gasteiger partial charge is 0.335 e. The summed E-state index contributed by atoms with van der Waals surface area (Å²) in [4.78, 5) is 28.8. The summed E-state index contributed by atoms with van der Waals surface area (Å²) in [6.45, 7) is 3.68. The van der Waals surface area contributed by atoms with Gasteiger partial charge in [-0.05, 0) is 31.2 Å². The van der Waals surface area contributed by atoms with Crippen molar-refractivity contribution in [3.05, 3.63) is 71.8 Å². The predicted octanol–water partition coefficient (Wildman–Crippen LogP) is 2.67. The van der Waals surface area contributed by atoms with Gasteiger partial charge in [-0.2, -0.15) is 0 Å². The Labute approximate surface area is 136 Å². The van der Waals surface area contributed by atoms with Gasteiger partial charge in [-0.1, -0.05) is 36.4 Å².